The predicted molar refractivity (Wildman–Crippen MR) is 52.4 cm³/mol. The quantitative estimate of drug-likeness (QED) is 0.703. The van der Waals surface area contributed by atoms with Gasteiger partial charge in [0.25, 0.3) is 0 Å². The van der Waals surface area contributed by atoms with Crippen molar-refractivity contribution in [2.75, 3.05) is 6.61 Å². The Labute approximate surface area is 85.9 Å². The number of benzene rings is 1. The van der Waals surface area contributed by atoms with Gasteiger partial charge in [0, 0.05) is 5.02 Å². The number of carbonyl (C=O) groups is 1. The zero-order valence-corrected chi connectivity index (χ0v) is 8.03. The van der Waals surface area contributed by atoms with Gasteiger partial charge in [0.2, 0.25) is 0 Å². The van der Waals surface area contributed by atoms with Gasteiger partial charge in [-0.3, -0.25) is 0 Å². The maximum atomic E-state index is 10.6. The van der Waals surface area contributed by atoms with Gasteiger partial charge in [-0.2, -0.15) is 0 Å². The van der Waals surface area contributed by atoms with Crippen molar-refractivity contribution < 1.29 is 15.0 Å². The lowest BCUT2D eigenvalue weighted by atomic mass is 10.1. The molecule has 5 heteroatoms. The fourth-order valence-electron chi connectivity index (χ4n) is 1.06. The van der Waals surface area contributed by atoms with Gasteiger partial charge in [-0.1, -0.05) is 11.6 Å². The highest BCUT2D eigenvalue weighted by molar-refractivity contribution is 6.31. The molecule has 1 rings (SSSR count). The molecular formula is C9H10ClNO3. The lowest BCUT2D eigenvalue weighted by Crippen LogP contribution is -2.15. The summed E-state index contributed by atoms with van der Waals surface area (Å²) in [6.07, 6.45) is 0. The number of aliphatic hydroxyl groups is 1. The summed E-state index contributed by atoms with van der Waals surface area (Å²) in [6, 6.07) is 3.56. The van der Waals surface area contributed by atoms with E-state index in [9.17, 15) is 4.79 Å². The van der Waals surface area contributed by atoms with Gasteiger partial charge in [-0.25, -0.2) is 4.79 Å². The topological polar surface area (TPSA) is 83.5 Å². The summed E-state index contributed by atoms with van der Waals surface area (Å²) in [5.74, 6) is -1.05. The van der Waals surface area contributed by atoms with E-state index in [2.05, 4.69) is 0 Å². The summed E-state index contributed by atoms with van der Waals surface area (Å²) < 4.78 is 0. The number of aliphatic hydroxyl groups excluding tert-OH is 1. The molecule has 76 valence electrons. The van der Waals surface area contributed by atoms with E-state index in [0.717, 1.165) is 0 Å². The normalized spacial score (nSPS) is 12.5. The molecule has 0 amide bonds. The highest BCUT2D eigenvalue weighted by Gasteiger charge is 2.12. The Morgan fingerprint density at radius 2 is 2.21 bits per heavy atom. The van der Waals surface area contributed by atoms with E-state index in [-0.39, 0.29) is 12.2 Å². The van der Waals surface area contributed by atoms with Crippen LogP contribution in [-0.4, -0.2) is 22.8 Å². The minimum Gasteiger partial charge on any atom is -0.478 e. The Morgan fingerprint density at radius 3 is 2.71 bits per heavy atom. The van der Waals surface area contributed by atoms with E-state index in [1.54, 1.807) is 0 Å². The second kappa shape index (κ2) is 4.41. The van der Waals surface area contributed by atoms with Crippen LogP contribution in [-0.2, 0) is 0 Å². The van der Waals surface area contributed by atoms with Crippen molar-refractivity contribution in [1.29, 1.82) is 0 Å². The second-order valence-electron chi connectivity index (χ2n) is 2.83. The van der Waals surface area contributed by atoms with Gasteiger partial charge in [-0.05, 0) is 23.8 Å². The standard InChI is InChI=1S/C9H10ClNO3/c10-7-2-1-5(9(13)14)3-6(7)8(11)4-12/h1-3,8,12H,4,11H2,(H,13,14)/t8-/m0/s1. The fourth-order valence-corrected chi connectivity index (χ4v) is 1.32. The molecular weight excluding hydrogens is 206 g/mol. The molecule has 0 spiro atoms. The maximum Gasteiger partial charge on any atom is 0.335 e. The summed E-state index contributed by atoms with van der Waals surface area (Å²) in [6.45, 7) is -0.275. The lowest BCUT2D eigenvalue weighted by Gasteiger charge is -2.11. The fraction of sp³-hybridized carbons (Fsp3) is 0.222. The molecule has 0 unspecified atom stereocenters. The number of carboxylic acid groups (broad SMARTS) is 1. The van der Waals surface area contributed by atoms with E-state index < -0.39 is 12.0 Å². The van der Waals surface area contributed by atoms with Gasteiger partial charge < -0.3 is 15.9 Å². The first-order chi connectivity index (χ1) is 6.56. The van der Waals surface area contributed by atoms with Crippen LogP contribution in [0.15, 0.2) is 18.2 Å². The van der Waals surface area contributed by atoms with Gasteiger partial charge in [0.1, 0.15) is 0 Å². The van der Waals surface area contributed by atoms with Gasteiger partial charge >= 0.3 is 5.97 Å². The first kappa shape index (κ1) is 11.0. The van der Waals surface area contributed by atoms with E-state index in [4.69, 9.17) is 27.5 Å². The highest BCUT2D eigenvalue weighted by Crippen LogP contribution is 2.22. The third kappa shape index (κ3) is 2.23. The molecule has 0 heterocycles. The molecule has 0 radical (unpaired) electrons. The minimum atomic E-state index is -1.05. The number of hydrogen-bond donors (Lipinski definition) is 3. The van der Waals surface area contributed by atoms with Gasteiger partial charge in [0.05, 0.1) is 18.2 Å². The number of aromatic carboxylic acids is 1. The average Bonchev–Trinajstić information content (AvgIpc) is 2.17. The third-order valence-corrected chi connectivity index (χ3v) is 2.18. The number of hydrogen-bond acceptors (Lipinski definition) is 3. The average molecular weight is 216 g/mol. The van der Waals surface area contributed by atoms with Crippen LogP contribution in [0.25, 0.3) is 0 Å². The monoisotopic (exact) mass is 215 g/mol. The van der Waals surface area contributed by atoms with Gasteiger partial charge in [-0.15, -0.1) is 0 Å². The van der Waals surface area contributed by atoms with Crippen LogP contribution >= 0.6 is 11.6 Å². The molecule has 0 bridgehead atoms. The zero-order chi connectivity index (χ0) is 10.7. The number of rotatable bonds is 3. The predicted octanol–water partition coefficient (Wildman–Crippen LogP) is 1.03. The Kier molecular flexibility index (Phi) is 3.46. The molecule has 4 nitrogen and oxygen atoms in total. The molecule has 1 aromatic carbocycles. The van der Waals surface area contributed by atoms with Gasteiger partial charge in [0.15, 0.2) is 0 Å². The molecule has 0 saturated carbocycles. The molecule has 0 aromatic heterocycles. The van der Waals surface area contributed by atoms with Crippen molar-refractivity contribution >= 4 is 17.6 Å². The summed E-state index contributed by atoms with van der Waals surface area (Å²) in [5, 5.41) is 17.9. The Hall–Kier alpha value is -1.10. The molecule has 0 fully saturated rings. The van der Waals surface area contributed by atoms with Crippen LogP contribution in [0.1, 0.15) is 22.0 Å². The van der Waals surface area contributed by atoms with Crippen LogP contribution in [0.2, 0.25) is 5.02 Å². The first-order valence-corrected chi connectivity index (χ1v) is 4.33. The molecule has 0 aliphatic heterocycles. The molecule has 1 atom stereocenters. The van der Waals surface area contributed by atoms with Crippen molar-refractivity contribution in [2.24, 2.45) is 5.73 Å². The molecule has 14 heavy (non-hydrogen) atoms. The van der Waals surface area contributed by atoms with Crippen LogP contribution < -0.4 is 5.73 Å². The third-order valence-electron chi connectivity index (χ3n) is 1.84. The van der Waals surface area contributed by atoms with E-state index >= 15 is 0 Å². The first-order valence-electron chi connectivity index (χ1n) is 3.95. The summed E-state index contributed by atoms with van der Waals surface area (Å²) in [7, 11) is 0. The number of nitrogens with two attached hydrogens (primary N) is 1. The van der Waals surface area contributed by atoms with Crippen LogP contribution in [0.4, 0.5) is 0 Å². The van der Waals surface area contributed by atoms with Crippen LogP contribution in [0, 0.1) is 0 Å². The number of halogens is 1. The largest absolute Gasteiger partial charge is 0.478 e. The molecule has 1 aromatic rings. The van der Waals surface area contributed by atoms with Crippen molar-refractivity contribution in [3.63, 3.8) is 0 Å². The van der Waals surface area contributed by atoms with Crippen molar-refractivity contribution in [3.05, 3.63) is 34.3 Å². The van der Waals surface area contributed by atoms with Crippen LogP contribution in [0.5, 0.6) is 0 Å². The Balaban J connectivity index is 3.14. The van der Waals surface area contributed by atoms with E-state index in [1.807, 2.05) is 0 Å². The van der Waals surface area contributed by atoms with E-state index in [1.165, 1.54) is 18.2 Å². The van der Waals surface area contributed by atoms with Crippen LogP contribution in [0.3, 0.4) is 0 Å². The minimum absolute atomic E-state index is 0.105. The van der Waals surface area contributed by atoms with Crippen molar-refractivity contribution in [3.8, 4) is 0 Å². The zero-order valence-electron chi connectivity index (χ0n) is 7.27. The second-order valence-corrected chi connectivity index (χ2v) is 3.24. The Bertz CT molecular complexity index is 354. The van der Waals surface area contributed by atoms with E-state index in [0.29, 0.717) is 10.6 Å². The summed E-state index contributed by atoms with van der Waals surface area (Å²) >= 11 is 5.79. The summed E-state index contributed by atoms with van der Waals surface area (Å²) in [4.78, 5) is 10.6. The Morgan fingerprint density at radius 1 is 1.57 bits per heavy atom. The summed E-state index contributed by atoms with van der Waals surface area (Å²) in [5.41, 5.74) is 6.08. The molecule has 0 aliphatic rings. The molecule has 4 N–H and O–H groups in total. The maximum absolute atomic E-state index is 10.6. The van der Waals surface area contributed by atoms with Crippen molar-refractivity contribution in [2.45, 2.75) is 6.04 Å². The number of carboxylic acids is 1. The smallest absolute Gasteiger partial charge is 0.335 e. The molecule has 0 aliphatic carbocycles. The highest BCUT2D eigenvalue weighted by atomic mass is 35.5. The van der Waals surface area contributed by atoms with Crippen molar-refractivity contribution in [1.82, 2.24) is 0 Å². The SMILES string of the molecule is N[C@@H](CO)c1cc(C(=O)O)ccc1Cl. The molecule has 0 saturated heterocycles. The lowest BCUT2D eigenvalue weighted by molar-refractivity contribution is 0.0696.